The average molecular weight is 161 g/mol. The predicted octanol–water partition coefficient (Wildman–Crippen LogP) is 2.05. The Hall–Kier alpha value is -1.08. The first kappa shape index (κ1) is 9.01. The minimum absolute atomic E-state index is 0.631. The van der Waals surface area contributed by atoms with Gasteiger partial charge in [0.25, 0.3) is 0 Å². The first-order chi connectivity index (χ1) is 5.83. The molecule has 0 unspecified atom stereocenters. The molecule has 0 bridgehead atoms. The number of hydrogen-bond donors (Lipinski definition) is 1. The van der Waals surface area contributed by atoms with Crippen molar-refractivity contribution in [1.82, 2.24) is 0 Å². The van der Waals surface area contributed by atoms with E-state index < -0.39 is 0 Å². The van der Waals surface area contributed by atoms with E-state index in [9.17, 15) is 0 Å². The molecule has 64 valence electrons. The molecule has 12 heavy (non-hydrogen) atoms. The SMILES string of the molecule is Cc1ccc(C/C=C\CN)cc1. The van der Waals surface area contributed by atoms with Crippen molar-refractivity contribution < 1.29 is 0 Å². The molecule has 0 radical (unpaired) electrons. The number of rotatable bonds is 3. The van der Waals surface area contributed by atoms with E-state index in [4.69, 9.17) is 5.73 Å². The lowest BCUT2D eigenvalue weighted by Crippen LogP contribution is -1.92. The molecule has 0 heterocycles. The van der Waals surface area contributed by atoms with Gasteiger partial charge in [-0.25, -0.2) is 0 Å². The Morgan fingerprint density at radius 2 is 1.83 bits per heavy atom. The van der Waals surface area contributed by atoms with Gasteiger partial charge in [0.2, 0.25) is 0 Å². The maximum atomic E-state index is 5.33. The zero-order valence-electron chi connectivity index (χ0n) is 7.46. The van der Waals surface area contributed by atoms with Crippen LogP contribution in [0.5, 0.6) is 0 Å². The summed E-state index contributed by atoms with van der Waals surface area (Å²) in [7, 11) is 0. The molecule has 0 amide bonds. The molecule has 0 aliphatic rings. The second-order valence-corrected chi connectivity index (χ2v) is 2.90. The Kier molecular flexibility index (Phi) is 3.55. The summed E-state index contributed by atoms with van der Waals surface area (Å²) in [6.45, 7) is 2.73. The summed E-state index contributed by atoms with van der Waals surface area (Å²) < 4.78 is 0. The molecule has 1 aromatic rings. The lowest BCUT2D eigenvalue weighted by Gasteiger charge is -1.96. The van der Waals surface area contributed by atoms with E-state index in [2.05, 4.69) is 37.3 Å². The van der Waals surface area contributed by atoms with Crippen LogP contribution in [0.4, 0.5) is 0 Å². The Bertz CT molecular complexity index is 246. The van der Waals surface area contributed by atoms with Gasteiger partial charge in [0.15, 0.2) is 0 Å². The monoisotopic (exact) mass is 161 g/mol. The summed E-state index contributed by atoms with van der Waals surface area (Å²) in [5.41, 5.74) is 7.98. The quantitative estimate of drug-likeness (QED) is 0.675. The zero-order valence-corrected chi connectivity index (χ0v) is 7.46. The van der Waals surface area contributed by atoms with E-state index in [-0.39, 0.29) is 0 Å². The van der Waals surface area contributed by atoms with Crippen molar-refractivity contribution in [3.63, 3.8) is 0 Å². The van der Waals surface area contributed by atoms with Gasteiger partial charge in [-0.3, -0.25) is 0 Å². The summed E-state index contributed by atoms with van der Waals surface area (Å²) in [6.07, 6.45) is 5.07. The van der Waals surface area contributed by atoms with E-state index >= 15 is 0 Å². The first-order valence-corrected chi connectivity index (χ1v) is 4.23. The standard InChI is InChI=1S/C11H15N/c1-10-5-7-11(8-6-10)4-2-3-9-12/h2-3,5-8H,4,9,12H2,1H3/b3-2-. The van der Waals surface area contributed by atoms with E-state index in [0.29, 0.717) is 6.54 Å². The van der Waals surface area contributed by atoms with Gasteiger partial charge in [0.1, 0.15) is 0 Å². The van der Waals surface area contributed by atoms with E-state index in [1.54, 1.807) is 0 Å². The number of allylic oxidation sites excluding steroid dienone is 1. The third kappa shape index (κ3) is 2.89. The number of benzene rings is 1. The van der Waals surface area contributed by atoms with Crippen LogP contribution < -0.4 is 5.73 Å². The normalized spacial score (nSPS) is 10.8. The van der Waals surface area contributed by atoms with Crippen LogP contribution in [0.15, 0.2) is 36.4 Å². The van der Waals surface area contributed by atoms with Crippen molar-refractivity contribution in [2.24, 2.45) is 5.73 Å². The summed E-state index contributed by atoms with van der Waals surface area (Å²) in [5, 5.41) is 0. The summed E-state index contributed by atoms with van der Waals surface area (Å²) in [6, 6.07) is 8.56. The van der Waals surface area contributed by atoms with Crippen molar-refractivity contribution in [1.29, 1.82) is 0 Å². The Labute approximate surface area is 73.9 Å². The van der Waals surface area contributed by atoms with Crippen LogP contribution in [0.1, 0.15) is 11.1 Å². The minimum atomic E-state index is 0.631. The molecule has 1 heteroatoms. The van der Waals surface area contributed by atoms with Crippen LogP contribution in [0.2, 0.25) is 0 Å². The van der Waals surface area contributed by atoms with Gasteiger partial charge in [0, 0.05) is 6.54 Å². The molecular weight excluding hydrogens is 146 g/mol. The van der Waals surface area contributed by atoms with Gasteiger partial charge in [-0.05, 0) is 18.9 Å². The van der Waals surface area contributed by atoms with Crippen molar-refractivity contribution in [3.8, 4) is 0 Å². The maximum absolute atomic E-state index is 5.33. The molecule has 0 atom stereocenters. The molecule has 1 aromatic carbocycles. The van der Waals surface area contributed by atoms with E-state index in [0.717, 1.165) is 6.42 Å². The van der Waals surface area contributed by atoms with Crippen molar-refractivity contribution in [3.05, 3.63) is 47.5 Å². The molecular formula is C11H15N. The molecule has 0 aliphatic heterocycles. The Morgan fingerprint density at radius 1 is 1.17 bits per heavy atom. The van der Waals surface area contributed by atoms with Gasteiger partial charge in [-0.2, -0.15) is 0 Å². The number of hydrogen-bond acceptors (Lipinski definition) is 1. The molecule has 1 nitrogen and oxygen atoms in total. The summed E-state index contributed by atoms with van der Waals surface area (Å²) in [5.74, 6) is 0. The van der Waals surface area contributed by atoms with Crippen LogP contribution >= 0.6 is 0 Å². The van der Waals surface area contributed by atoms with Gasteiger partial charge in [-0.1, -0.05) is 42.0 Å². The largest absolute Gasteiger partial charge is 0.327 e. The molecule has 0 saturated carbocycles. The Morgan fingerprint density at radius 3 is 2.42 bits per heavy atom. The van der Waals surface area contributed by atoms with Crippen LogP contribution in [-0.4, -0.2) is 6.54 Å². The highest BCUT2D eigenvalue weighted by molar-refractivity contribution is 5.22. The fourth-order valence-corrected chi connectivity index (χ4v) is 1.04. The molecule has 1 rings (SSSR count). The molecule has 0 saturated heterocycles. The molecule has 0 fully saturated rings. The van der Waals surface area contributed by atoms with Gasteiger partial charge >= 0.3 is 0 Å². The van der Waals surface area contributed by atoms with Crippen molar-refractivity contribution in [2.75, 3.05) is 6.54 Å². The molecule has 2 N–H and O–H groups in total. The van der Waals surface area contributed by atoms with Gasteiger partial charge < -0.3 is 5.73 Å². The maximum Gasteiger partial charge on any atom is 0.0106 e. The topological polar surface area (TPSA) is 26.0 Å². The highest BCUT2D eigenvalue weighted by Gasteiger charge is 1.87. The molecule has 0 spiro atoms. The summed E-state index contributed by atoms with van der Waals surface area (Å²) in [4.78, 5) is 0. The predicted molar refractivity (Wildman–Crippen MR) is 53.1 cm³/mol. The lowest BCUT2D eigenvalue weighted by atomic mass is 10.1. The van der Waals surface area contributed by atoms with Crippen LogP contribution in [0.3, 0.4) is 0 Å². The smallest absolute Gasteiger partial charge is 0.0106 e. The van der Waals surface area contributed by atoms with Gasteiger partial charge in [0.05, 0.1) is 0 Å². The third-order valence-corrected chi connectivity index (χ3v) is 1.78. The second kappa shape index (κ2) is 4.73. The highest BCUT2D eigenvalue weighted by Crippen LogP contribution is 2.03. The number of nitrogens with two attached hydrogens (primary N) is 1. The van der Waals surface area contributed by atoms with Crippen LogP contribution in [0, 0.1) is 6.92 Å². The van der Waals surface area contributed by atoms with Crippen LogP contribution in [-0.2, 0) is 6.42 Å². The van der Waals surface area contributed by atoms with Gasteiger partial charge in [-0.15, -0.1) is 0 Å². The summed E-state index contributed by atoms with van der Waals surface area (Å²) >= 11 is 0. The minimum Gasteiger partial charge on any atom is -0.327 e. The second-order valence-electron chi connectivity index (χ2n) is 2.90. The Balaban J connectivity index is 2.53. The zero-order chi connectivity index (χ0) is 8.81. The lowest BCUT2D eigenvalue weighted by molar-refractivity contribution is 1.20. The molecule has 0 aliphatic carbocycles. The molecule has 0 aromatic heterocycles. The van der Waals surface area contributed by atoms with E-state index in [1.807, 2.05) is 6.08 Å². The highest BCUT2D eigenvalue weighted by atomic mass is 14.5. The fraction of sp³-hybridized carbons (Fsp3) is 0.273. The third-order valence-electron chi connectivity index (χ3n) is 1.78. The fourth-order valence-electron chi connectivity index (χ4n) is 1.04. The van der Waals surface area contributed by atoms with E-state index in [1.165, 1.54) is 11.1 Å². The van der Waals surface area contributed by atoms with Crippen LogP contribution in [0.25, 0.3) is 0 Å². The number of aryl methyl sites for hydroxylation is 1. The first-order valence-electron chi connectivity index (χ1n) is 4.23. The van der Waals surface area contributed by atoms with Crippen molar-refractivity contribution >= 4 is 0 Å². The van der Waals surface area contributed by atoms with Crippen molar-refractivity contribution in [2.45, 2.75) is 13.3 Å². The average Bonchev–Trinajstić information content (AvgIpc) is 2.09.